The minimum atomic E-state index is 0.610. The van der Waals surface area contributed by atoms with Crippen LogP contribution in [0.25, 0.3) is 10.2 Å². The Labute approximate surface area is 121 Å². The molecule has 0 aliphatic heterocycles. The number of hydrogen-bond donors (Lipinski definition) is 1. The molecule has 0 atom stereocenters. The van der Waals surface area contributed by atoms with E-state index in [-0.39, 0.29) is 0 Å². The molecule has 2 nitrogen and oxygen atoms in total. The van der Waals surface area contributed by atoms with Crippen molar-refractivity contribution in [3.8, 4) is 0 Å². The predicted octanol–water partition coefficient (Wildman–Crippen LogP) is 4.90. The smallest absolute Gasteiger partial charge is 0.0938 e. The number of aromatic nitrogens is 1. The average molecular weight is 278 g/mol. The summed E-state index contributed by atoms with van der Waals surface area (Å²) in [6, 6.07) is 6.31. The molecule has 19 heavy (non-hydrogen) atoms. The summed E-state index contributed by atoms with van der Waals surface area (Å²) in [4.78, 5) is 4.64. The number of benzene rings is 1. The molecule has 0 saturated carbocycles. The molecule has 0 saturated heterocycles. The van der Waals surface area contributed by atoms with Crippen molar-refractivity contribution in [3.63, 3.8) is 0 Å². The van der Waals surface area contributed by atoms with Crippen LogP contribution in [0.1, 0.15) is 57.0 Å². The lowest BCUT2D eigenvalue weighted by Crippen LogP contribution is -1.94. The maximum Gasteiger partial charge on any atom is 0.0938 e. The normalized spacial score (nSPS) is 10.3. The zero-order valence-electron chi connectivity index (χ0n) is 12.4. The number of aryl methyl sites for hydroxylation is 1. The van der Waals surface area contributed by atoms with E-state index in [2.05, 4.69) is 44.0 Å². The van der Waals surface area contributed by atoms with E-state index in [4.69, 9.17) is 5.73 Å². The molecule has 2 aromatic rings. The molecule has 0 aliphatic rings. The van der Waals surface area contributed by atoms with Crippen LogP contribution in [0.2, 0.25) is 0 Å². The lowest BCUT2D eigenvalue weighted by atomic mass is 10.2. The number of nitrogens with two attached hydrogens (primary N) is 1. The lowest BCUT2D eigenvalue weighted by molar-refractivity contribution is 0.716. The molecular weight excluding hydrogens is 252 g/mol. The van der Waals surface area contributed by atoms with Crippen molar-refractivity contribution >= 4 is 21.6 Å². The van der Waals surface area contributed by atoms with Gasteiger partial charge in [0.1, 0.15) is 0 Å². The Morgan fingerprint density at radius 3 is 2.53 bits per heavy atom. The first kappa shape index (κ1) is 16.1. The highest BCUT2D eigenvalue weighted by Crippen LogP contribution is 2.24. The van der Waals surface area contributed by atoms with E-state index in [1.54, 1.807) is 0 Å². The maximum atomic E-state index is 5.63. The maximum absolute atomic E-state index is 5.63. The summed E-state index contributed by atoms with van der Waals surface area (Å²) in [6.45, 7) is 7.09. The van der Waals surface area contributed by atoms with Gasteiger partial charge in [-0.15, -0.1) is 11.3 Å². The first-order chi connectivity index (χ1) is 9.24. The summed E-state index contributed by atoms with van der Waals surface area (Å²) in [5.41, 5.74) is 7.94. The standard InChI is InChI=1S/C13H18N2S.C3H8/c1-2-3-4-5-13-15-11-7-6-10(9-14)8-12(11)16-13;1-3-2/h6-8H,2-5,9,14H2,1H3;3H2,1-2H3. The van der Waals surface area contributed by atoms with Crippen LogP contribution >= 0.6 is 11.3 Å². The predicted molar refractivity (Wildman–Crippen MR) is 86.7 cm³/mol. The van der Waals surface area contributed by atoms with E-state index in [1.807, 2.05) is 11.3 Å². The van der Waals surface area contributed by atoms with E-state index in [0.717, 1.165) is 11.9 Å². The van der Waals surface area contributed by atoms with Gasteiger partial charge >= 0.3 is 0 Å². The average Bonchev–Trinajstić information content (AvgIpc) is 2.81. The van der Waals surface area contributed by atoms with Crippen molar-refractivity contribution in [1.29, 1.82) is 0 Å². The fourth-order valence-corrected chi connectivity index (χ4v) is 2.85. The number of nitrogens with zero attached hydrogens (tertiary/aromatic N) is 1. The molecule has 3 heteroatoms. The van der Waals surface area contributed by atoms with Gasteiger partial charge in [0.15, 0.2) is 0 Å². The molecule has 0 bridgehead atoms. The highest BCUT2D eigenvalue weighted by molar-refractivity contribution is 7.18. The van der Waals surface area contributed by atoms with Gasteiger partial charge in [0.25, 0.3) is 0 Å². The Morgan fingerprint density at radius 1 is 1.16 bits per heavy atom. The van der Waals surface area contributed by atoms with Gasteiger partial charge in [-0.2, -0.15) is 0 Å². The third-order valence-electron chi connectivity index (χ3n) is 2.73. The van der Waals surface area contributed by atoms with Gasteiger partial charge in [0, 0.05) is 6.54 Å². The van der Waals surface area contributed by atoms with E-state index >= 15 is 0 Å². The van der Waals surface area contributed by atoms with Crippen LogP contribution in [0.4, 0.5) is 0 Å². The minimum Gasteiger partial charge on any atom is -0.326 e. The Hall–Kier alpha value is -0.930. The van der Waals surface area contributed by atoms with Crippen LogP contribution in [-0.4, -0.2) is 4.98 Å². The zero-order valence-corrected chi connectivity index (χ0v) is 13.2. The molecule has 2 N–H and O–H groups in total. The second kappa shape index (κ2) is 9.05. The lowest BCUT2D eigenvalue weighted by Gasteiger charge is -1.93. The van der Waals surface area contributed by atoms with Gasteiger partial charge in [-0.05, 0) is 30.5 Å². The molecule has 0 aliphatic carbocycles. The summed E-state index contributed by atoms with van der Waals surface area (Å²) in [5.74, 6) is 0. The molecule has 106 valence electrons. The molecular formula is C16H26N2S. The number of fused-ring (bicyclic) bond motifs is 1. The van der Waals surface area contributed by atoms with Crippen LogP contribution < -0.4 is 5.73 Å². The molecule has 0 radical (unpaired) electrons. The third-order valence-corrected chi connectivity index (χ3v) is 3.80. The fourth-order valence-electron chi connectivity index (χ4n) is 1.78. The summed E-state index contributed by atoms with van der Waals surface area (Å²) in [6.07, 6.45) is 6.18. The largest absolute Gasteiger partial charge is 0.326 e. The molecule has 1 aromatic carbocycles. The van der Waals surface area contributed by atoms with E-state index in [0.29, 0.717) is 6.54 Å². The Morgan fingerprint density at radius 2 is 1.89 bits per heavy atom. The van der Waals surface area contributed by atoms with Crippen molar-refractivity contribution in [2.24, 2.45) is 5.73 Å². The molecule has 0 amide bonds. The number of rotatable bonds is 5. The molecule has 0 unspecified atom stereocenters. The van der Waals surface area contributed by atoms with Gasteiger partial charge in [0.2, 0.25) is 0 Å². The zero-order chi connectivity index (χ0) is 14.1. The fraction of sp³-hybridized carbons (Fsp3) is 0.562. The van der Waals surface area contributed by atoms with Gasteiger partial charge in [-0.25, -0.2) is 4.98 Å². The van der Waals surface area contributed by atoms with Crippen LogP contribution in [0.5, 0.6) is 0 Å². The number of unbranched alkanes of at least 4 members (excludes halogenated alkanes) is 2. The second-order valence-electron chi connectivity index (χ2n) is 4.78. The topological polar surface area (TPSA) is 38.9 Å². The summed E-state index contributed by atoms with van der Waals surface area (Å²) in [7, 11) is 0. The quantitative estimate of drug-likeness (QED) is 0.790. The molecule has 0 fully saturated rings. The Bertz CT molecular complexity index is 477. The number of hydrogen-bond acceptors (Lipinski definition) is 3. The van der Waals surface area contributed by atoms with Crippen molar-refractivity contribution in [2.45, 2.75) is 59.4 Å². The highest BCUT2D eigenvalue weighted by Gasteiger charge is 2.03. The van der Waals surface area contributed by atoms with Crippen molar-refractivity contribution < 1.29 is 0 Å². The second-order valence-corrected chi connectivity index (χ2v) is 5.89. The number of thiazole rings is 1. The van der Waals surface area contributed by atoms with E-state index in [1.165, 1.54) is 41.0 Å². The van der Waals surface area contributed by atoms with Crippen molar-refractivity contribution in [2.75, 3.05) is 0 Å². The van der Waals surface area contributed by atoms with Crippen LogP contribution in [0, 0.1) is 0 Å². The van der Waals surface area contributed by atoms with Gasteiger partial charge in [-0.3, -0.25) is 0 Å². The SMILES string of the molecule is CCC.CCCCCc1nc2ccc(CN)cc2s1. The molecule has 2 rings (SSSR count). The molecule has 1 aromatic heterocycles. The van der Waals surface area contributed by atoms with Crippen LogP contribution in [-0.2, 0) is 13.0 Å². The molecule has 0 spiro atoms. The summed E-state index contributed by atoms with van der Waals surface area (Å²) >= 11 is 1.81. The third kappa shape index (κ3) is 5.29. The molecule has 1 heterocycles. The van der Waals surface area contributed by atoms with Crippen molar-refractivity contribution in [3.05, 3.63) is 28.8 Å². The van der Waals surface area contributed by atoms with Crippen LogP contribution in [0.15, 0.2) is 18.2 Å². The summed E-state index contributed by atoms with van der Waals surface area (Å²) < 4.78 is 1.27. The first-order valence-electron chi connectivity index (χ1n) is 7.33. The Balaban J connectivity index is 0.000000550. The first-order valence-corrected chi connectivity index (χ1v) is 8.15. The minimum absolute atomic E-state index is 0.610. The van der Waals surface area contributed by atoms with E-state index in [9.17, 15) is 0 Å². The van der Waals surface area contributed by atoms with Crippen LogP contribution in [0.3, 0.4) is 0 Å². The highest BCUT2D eigenvalue weighted by atomic mass is 32.1. The monoisotopic (exact) mass is 278 g/mol. The Kier molecular flexibility index (Phi) is 7.68. The summed E-state index contributed by atoms with van der Waals surface area (Å²) in [5, 5.41) is 1.26. The van der Waals surface area contributed by atoms with Gasteiger partial charge in [-0.1, -0.05) is 46.1 Å². The van der Waals surface area contributed by atoms with E-state index < -0.39 is 0 Å². The van der Waals surface area contributed by atoms with Gasteiger partial charge in [0.05, 0.1) is 15.2 Å². The van der Waals surface area contributed by atoms with Gasteiger partial charge < -0.3 is 5.73 Å². The van der Waals surface area contributed by atoms with Crippen molar-refractivity contribution in [1.82, 2.24) is 4.98 Å².